The molecule has 4 unspecified atom stereocenters. The third-order valence-corrected chi connectivity index (χ3v) is 5.18. The van der Waals surface area contributed by atoms with E-state index in [1.54, 1.807) is 20.1 Å². The quantitative estimate of drug-likeness (QED) is 0.133. The third-order valence-electron chi connectivity index (χ3n) is 4.54. The van der Waals surface area contributed by atoms with Gasteiger partial charge >= 0.3 is 17.9 Å². The summed E-state index contributed by atoms with van der Waals surface area (Å²) in [4.78, 5) is 70.8. The summed E-state index contributed by atoms with van der Waals surface area (Å²) < 4.78 is 0. The molecule has 8 N–H and O–H groups in total. The van der Waals surface area contributed by atoms with Gasteiger partial charge in [0, 0.05) is 6.42 Å². The maximum Gasteiger partial charge on any atom is 0.326 e. The lowest BCUT2D eigenvalue weighted by atomic mass is 10.0. The van der Waals surface area contributed by atoms with Crippen LogP contribution in [0.5, 0.6) is 0 Å². The Morgan fingerprint density at radius 1 is 0.788 bits per heavy atom. The van der Waals surface area contributed by atoms with Gasteiger partial charge in [0.05, 0.1) is 12.5 Å². The zero-order valence-electron chi connectivity index (χ0n) is 18.7. The Hall–Kier alpha value is -2.87. The summed E-state index contributed by atoms with van der Waals surface area (Å²) in [5.74, 6) is -6.53. The minimum atomic E-state index is -1.52. The molecule has 0 bridgehead atoms. The van der Waals surface area contributed by atoms with Crippen LogP contribution in [-0.2, 0) is 28.8 Å². The highest BCUT2D eigenvalue weighted by atomic mass is 32.2. The molecule has 188 valence electrons. The van der Waals surface area contributed by atoms with Gasteiger partial charge in [-0.1, -0.05) is 13.8 Å². The topological polar surface area (TPSA) is 225 Å². The molecule has 14 heteroatoms. The van der Waals surface area contributed by atoms with Gasteiger partial charge < -0.3 is 37.0 Å². The van der Waals surface area contributed by atoms with Crippen molar-refractivity contribution in [2.75, 3.05) is 12.0 Å². The van der Waals surface area contributed by atoms with Crippen molar-refractivity contribution in [1.82, 2.24) is 16.0 Å². The van der Waals surface area contributed by atoms with Crippen LogP contribution in [0.15, 0.2) is 0 Å². The predicted molar refractivity (Wildman–Crippen MR) is 118 cm³/mol. The number of carboxylic acids is 3. The van der Waals surface area contributed by atoms with Gasteiger partial charge in [-0.2, -0.15) is 11.8 Å². The fourth-order valence-corrected chi connectivity index (χ4v) is 3.00. The van der Waals surface area contributed by atoms with Crippen molar-refractivity contribution in [3.8, 4) is 0 Å². The molecule has 0 saturated heterocycles. The minimum absolute atomic E-state index is 0.0727. The van der Waals surface area contributed by atoms with Gasteiger partial charge in [0.15, 0.2) is 0 Å². The number of carbonyl (C=O) groups is 6. The highest BCUT2D eigenvalue weighted by Crippen LogP contribution is 2.06. The van der Waals surface area contributed by atoms with Crippen molar-refractivity contribution in [3.63, 3.8) is 0 Å². The van der Waals surface area contributed by atoms with E-state index >= 15 is 0 Å². The van der Waals surface area contributed by atoms with Crippen LogP contribution < -0.4 is 21.7 Å². The van der Waals surface area contributed by atoms with E-state index in [9.17, 15) is 33.9 Å². The second-order valence-electron chi connectivity index (χ2n) is 7.60. The van der Waals surface area contributed by atoms with Crippen LogP contribution in [0.25, 0.3) is 0 Å². The van der Waals surface area contributed by atoms with Crippen LogP contribution >= 0.6 is 11.8 Å². The summed E-state index contributed by atoms with van der Waals surface area (Å²) in [6, 6.07) is -5.26. The van der Waals surface area contributed by atoms with E-state index in [0.717, 1.165) is 0 Å². The number of aliphatic carboxylic acids is 3. The number of nitrogens with two attached hydrogens (primary N) is 1. The Labute approximate surface area is 195 Å². The Morgan fingerprint density at radius 2 is 1.30 bits per heavy atom. The smallest absolute Gasteiger partial charge is 0.326 e. The molecule has 0 spiro atoms. The van der Waals surface area contributed by atoms with Crippen LogP contribution in [0.4, 0.5) is 0 Å². The maximum atomic E-state index is 12.7. The van der Waals surface area contributed by atoms with Crippen molar-refractivity contribution < 1.29 is 44.1 Å². The first-order valence-electron chi connectivity index (χ1n) is 10.1. The van der Waals surface area contributed by atoms with Gasteiger partial charge in [0.2, 0.25) is 17.7 Å². The zero-order chi connectivity index (χ0) is 25.7. The molecule has 13 nitrogen and oxygen atoms in total. The summed E-state index contributed by atoms with van der Waals surface area (Å²) in [5, 5.41) is 33.9. The number of carboxylic acid groups (broad SMARTS) is 3. The number of rotatable bonds is 16. The Bertz CT molecular complexity index is 732. The first-order chi connectivity index (χ1) is 15.3. The van der Waals surface area contributed by atoms with Gasteiger partial charge in [-0.25, -0.2) is 4.79 Å². The van der Waals surface area contributed by atoms with Gasteiger partial charge in [0.1, 0.15) is 18.1 Å². The van der Waals surface area contributed by atoms with Crippen LogP contribution in [0.2, 0.25) is 0 Å². The molecule has 0 heterocycles. The minimum Gasteiger partial charge on any atom is -0.481 e. The van der Waals surface area contributed by atoms with Gasteiger partial charge in [-0.05, 0) is 30.8 Å². The van der Waals surface area contributed by atoms with E-state index in [1.165, 1.54) is 11.8 Å². The lowest BCUT2D eigenvalue weighted by Crippen LogP contribution is -2.58. The number of hydrogen-bond donors (Lipinski definition) is 7. The standard InChI is InChI=1S/C19H32N4O9S/c1-9(2)15(20)18(30)23-12(8-14(26)27)17(29)21-10(6-7-33-3)16(28)22-11(19(31)32)4-5-13(24)25/h9-12,15H,4-8,20H2,1-3H3,(H,21,29)(H,22,28)(H,23,30)(H,24,25)(H,26,27)(H,31,32). The van der Waals surface area contributed by atoms with Crippen molar-refractivity contribution in [3.05, 3.63) is 0 Å². The third kappa shape index (κ3) is 12.1. The van der Waals surface area contributed by atoms with Gasteiger partial charge in [-0.3, -0.25) is 24.0 Å². The average molecular weight is 493 g/mol. The van der Waals surface area contributed by atoms with E-state index < -0.39 is 72.6 Å². The van der Waals surface area contributed by atoms with E-state index in [1.807, 2.05) is 0 Å². The molecule has 0 aliphatic rings. The van der Waals surface area contributed by atoms with Gasteiger partial charge in [0.25, 0.3) is 0 Å². The molecule has 33 heavy (non-hydrogen) atoms. The molecular weight excluding hydrogens is 460 g/mol. The van der Waals surface area contributed by atoms with Crippen LogP contribution in [0.3, 0.4) is 0 Å². The average Bonchev–Trinajstić information content (AvgIpc) is 2.71. The summed E-state index contributed by atoms with van der Waals surface area (Å²) in [6.45, 7) is 3.34. The summed E-state index contributed by atoms with van der Waals surface area (Å²) in [7, 11) is 0. The van der Waals surface area contributed by atoms with Crippen molar-refractivity contribution in [2.45, 2.75) is 63.7 Å². The second kappa shape index (κ2) is 15.1. The van der Waals surface area contributed by atoms with Crippen molar-refractivity contribution >= 4 is 47.4 Å². The van der Waals surface area contributed by atoms with Crippen LogP contribution in [0, 0.1) is 5.92 Å². The fraction of sp³-hybridized carbons (Fsp3) is 0.684. The SMILES string of the molecule is CSCCC(NC(=O)C(CC(=O)O)NC(=O)C(N)C(C)C)C(=O)NC(CCC(=O)O)C(=O)O. The molecule has 0 radical (unpaired) electrons. The summed E-state index contributed by atoms with van der Waals surface area (Å²) in [5.41, 5.74) is 5.73. The molecule has 0 aliphatic carbocycles. The zero-order valence-corrected chi connectivity index (χ0v) is 19.5. The molecule has 4 atom stereocenters. The predicted octanol–water partition coefficient (Wildman–Crippen LogP) is -1.40. The molecule has 0 aromatic rings. The highest BCUT2D eigenvalue weighted by Gasteiger charge is 2.31. The molecular formula is C19H32N4O9S. The Kier molecular flexibility index (Phi) is 13.7. The van der Waals surface area contributed by atoms with Crippen LogP contribution in [-0.4, -0.2) is 87.1 Å². The Balaban J connectivity index is 5.49. The number of nitrogens with one attached hydrogen (secondary N) is 3. The normalized spacial score (nSPS) is 14.5. The second-order valence-corrected chi connectivity index (χ2v) is 8.59. The molecule has 0 saturated carbocycles. The number of hydrogen-bond acceptors (Lipinski definition) is 8. The number of amides is 3. The molecule has 0 aromatic heterocycles. The largest absolute Gasteiger partial charge is 0.481 e. The lowest BCUT2D eigenvalue weighted by Gasteiger charge is -2.25. The summed E-state index contributed by atoms with van der Waals surface area (Å²) >= 11 is 1.34. The summed E-state index contributed by atoms with van der Waals surface area (Å²) in [6.07, 6.45) is 0.176. The lowest BCUT2D eigenvalue weighted by molar-refractivity contribution is -0.144. The van der Waals surface area contributed by atoms with E-state index in [2.05, 4.69) is 16.0 Å². The maximum absolute atomic E-state index is 12.7. The first kappa shape index (κ1) is 30.1. The molecule has 0 aromatic carbocycles. The molecule has 3 amide bonds. The first-order valence-corrected chi connectivity index (χ1v) is 11.5. The van der Waals surface area contributed by atoms with E-state index in [-0.39, 0.29) is 18.8 Å². The van der Waals surface area contributed by atoms with E-state index in [4.69, 9.17) is 15.9 Å². The van der Waals surface area contributed by atoms with Crippen LogP contribution in [0.1, 0.15) is 39.5 Å². The number of carbonyl (C=O) groups excluding carboxylic acids is 3. The molecule has 0 rings (SSSR count). The monoisotopic (exact) mass is 492 g/mol. The number of thioether (sulfide) groups is 1. The molecule has 0 aliphatic heterocycles. The van der Waals surface area contributed by atoms with Gasteiger partial charge in [-0.15, -0.1) is 0 Å². The fourth-order valence-electron chi connectivity index (χ4n) is 2.53. The highest BCUT2D eigenvalue weighted by molar-refractivity contribution is 7.98. The van der Waals surface area contributed by atoms with Crippen molar-refractivity contribution in [1.29, 1.82) is 0 Å². The van der Waals surface area contributed by atoms with Crippen molar-refractivity contribution in [2.24, 2.45) is 11.7 Å². The van der Waals surface area contributed by atoms with E-state index in [0.29, 0.717) is 5.75 Å². The molecule has 0 fully saturated rings. The Morgan fingerprint density at radius 3 is 1.76 bits per heavy atom.